The molecule has 90 valence electrons. The fourth-order valence-corrected chi connectivity index (χ4v) is 1.37. The SMILES string of the molecule is CCN=CNc1ccc(-c2cnc[nH]2)cc1.Cl. The van der Waals surface area contributed by atoms with Crippen molar-refractivity contribution in [2.75, 3.05) is 11.9 Å². The van der Waals surface area contributed by atoms with Crippen LogP contribution in [0.2, 0.25) is 0 Å². The van der Waals surface area contributed by atoms with Crippen LogP contribution >= 0.6 is 12.4 Å². The minimum absolute atomic E-state index is 0. The van der Waals surface area contributed by atoms with Gasteiger partial charge in [-0.15, -0.1) is 12.4 Å². The van der Waals surface area contributed by atoms with Gasteiger partial charge in [0, 0.05) is 12.2 Å². The van der Waals surface area contributed by atoms with Gasteiger partial charge in [-0.2, -0.15) is 0 Å². The maximum Gasteiger partial charge on any atom is 0.0924 e. The number of imidazole rings is 1. The Morgan fingerprint density at radius 1 is 1.35 bits per heavy atom. The van der Waals surface area contributed by atoms with E-state index < -0.39 is 0 Å². The minimum Gasteiger partial charge on any atom is -0.347 e. The van der Waals surface area contributed by atoms with Crippen LogP contribution in [0.5, 0.6) is 0 Å². The Kier molecular flexibility index (Phi) is 5.23. The largest absolute Gasteiger partial charge is 0.347 e. The van der Waals surface area contributed by atoms with Crippen LogP contribution < -0.4 is 5.32 Å². The summed E-state index contributed by atoms with van der Waals surface area (Å²) in [5.41, 5.74) is 3.17. The van der Waals surface area contributed by atoms with Gasteiger partial charge in [0.1, 0.15) is 0 Å². The highest BCUT2D eigenvalue weighted by Crippen LogP contribution is 2.18. The summed E-state index contributed by atoms with van der Waals surface area (Å²) < 4.78 is 0. The topological polar surface area (TPSA) is 53.1 Å². The molecule has 0 amide bonds. The zero-order chi connectivity index (χ0) is 11.2. The summed E-state index contributed by atoms with van der Waals surface area (Å²) in [4.78, 5) is 11.1. The van der Waals surface area contributed by atoms with E-state index in [1.165, 1.54) is 0 Å². The van der Waals surface area contributed by atoms with Crippen LogP contribution in [-0.4, -0.2) is 22.9 Å². The van der Waals surface area contributed by atoms with E-state index in [0.717, 1.165) is 23.5 Å². The Bertz CT molecular complexity index is 448. The lowest BCUT2D eigenvalue weighted by atomic mass is 10.1. The van der Waals surface area contributed by atoms with Gasteiger partial charge in [0.25, 0.3) is 0 Å². The number of hydrogen-bond acceptors (Lipinski definition) is 2. The summed E-state index contributed by atoms with van der Waals surface area (Å²) in [5.74, 6) is 0. The highest BCUT2D eigenvalue weighted by atomic mass is 35.5. The van der Waals surface area contributed by atoms with Crippen LogP contribution in [0.1, 0.15) is 6.92 Å². The van der Waals surface area contributed by atoms with E-state index in [1.807, 2.05) is 31.2 Å². The normalized spacial score (nSPS) is 10.2. The Morgan fingerprint density at radius 3 is 2.71 bits per heavy atom. The fraction of sp³-hybridized carbons (Fsp3) is 0.167. The molecule has 1 aromatic carbocycles. The van der Waals surface area contributed by atoms with Gasteiger partial charge in [0.05, 0.1) is 24.6 Å². The average Bonchev–Trinajstić information content (AvgIpc) is 2.84. The Labute approximate surface area is 107 Å². The van der Waals surface area contributed by atoms with E-state index in [4.69, 9.17) is 0 Å². The molecule has 0 saturated heterocycles. The number of H-pyrrole nitrogens is 1. The predicted octanol–water partition coefficient (Wildman–Crippen LogP) is 2.96. The first-order valence-corrected chi connectivity index (χ1v) is 5.24. The lowest BCUT2D eigenvalue weighted by molar-refractivity contribution is 1.14. The summed E-state index contributed by atoms with van der Waals surface area (Å²) in [6, 6.07) is 8.10. The standard InChI is InChI=1S/C12H14N4.ClH/c1-2-13-8-15-11-5-3-10(4-6-11)12-7-14-9-16-12;/h3-9H,2H2,1H3,(H,13,15)(H,14,16);1H. The van der Waals surface area contributed by atoms with E-state index in [1.54, 1.807) is 18.9 Å². The predicted molar refractivity (Wildman–Crippen MR) is 73.9 cm³/mol. The van der Waals surface area contributed by atoms with E-state index in [0.29, 0.717) is 0 Å². The van der Waals surface area contributed by atoms with Crippen molar-refractivity contribution in [2.24, 2.45) is 4.99 Å². The average molecular weight is 251 g/mol. The van der Waals surface area contributed by atoms with Gasteiger partial charge >= 0.3 is 0 Å². The zero-order valence-electron chi connectivity index (χ0n) is 9.55. The fourth-order valence-electron chi connectivity index (χ4n) is 1.37. The second-order valence-corrected chi connectivity index (χ2v) is 3.31. The molecule has 1 aromatic heterocycles. The van der Waals surface area contributed by atoms with Crippen LogP contribution in [0.25, 0.3) is 11.3 Å². The van der Waals surface area contributed by atoms with Crippen molar-refractivity contribution in [2.45, 2.75) is 6.92 Å². The Balaban J connectivity index is 0.00000144. The Morgan fingerprint density at radius 2 is 2.12 bits per heavy atom. The van der Waals surface area contributed by atoms with Gasteiger partial charge in [0.2, 0.25) is 0 Å². The number of aliphatic imine (C=N–C) groups is 1. The van der Waals surface area contributed by atoms with E-state index in [2.05, 4.69) is 20.3 Å². The number of rotatable bonds is 4. The van der Waals surface area contributed by atoms with Gasteiger partial charge in [-0.05, 0) is 24.6 Å². The van der Waals surface area contributed by atoms with Crippen molar-refractivity contribution >= 4 is 24.4 Å². The lowest BCUT2D eigenvalue weighted by Gasteiger charge is -2.01. The van der Waals surface area contributed by atoms with Gasteiger partial charge in [-0.3, -0.25) is 4.99 Å². The van der Waals surface area contributed by atoms with Gasteiger partial charge in [-0.1, -0.05) is 12.1 Å². The van der Waals surface area contributed by atoms with Crippen molar-refractivity contribution in [3.8, 4) is 11.3 Å². The summed E-state index contributed by atoms with van der Waals surface area (Å²) in [7, 11) is 0. The summed E-state index contributed by atoms with van der Waals surface area (Å²) in [6.07, 6.45) is 5.20. The van der Waals surface area contributed by atoms with Gasteiger partial charge in [0.15, 0.2) is 0 Å². The third-order valence-corrected chi connectivity index (χ3v) is 2.20. The first-order chi connectivity index (χ1) is 7.90. The molecule has 1 heterocycles. The van der Waals surface area contributed by atoms with Crippen molar-refractivity contribution in [1.82, 2.24) is 9.97 Å². The van der Waals surface area contributed by atoms with E-state index in [-0.39, 0.29) is 12.4 Å². The first kappa shape index (κ1) is 13.3. The van der Waals surface area contributed by atoms with Gasteiger partial charge < -0.3 is 10.3 Å². The maximum absolute atomic E-state index is 4.09. The number of benzene rings is 1. The number of nitrogens with one attached hydrogen (secondary N) is 2. The molecule has 2 rings (SSSR count). The van der Waals surface area contributed by atoms with Crippen LogP contribution in [0, 0.1) is 0 Å². The molecule has 17 heavy (non-hydrogen) atoms. The number of nitrogens with zero attached hydrogens (tertiary/aromatic N) is 2. The van der Waals surface area contributed by atoms with Crippen molar-refractivity contribution in [1.29, 1.82) is 0 Å². The van der Waals surface area contributed by atoms with Gasteiger partial charge in [-0.25, -0.2) is 4.98 Å². The number of hydrogen-bond donors (Lipinski definition) is 2. The molecule has 0 bridgehead atoms. The summed E-state index contributed by atoms with van der Waals surface area (Å²) >= 11 is 0. The monoisotopic (exact) mass is 250 g/mol. The Hall–Kier alpha value is -1.81. The molecule has 0 fully saturated rings. The lowest BCUT2D eigenvalue weighted by Crippen LogP contribution is -1.94. The van der Waals surface area contributed by atoms with Crippen molar-refractivity contribution in [3.05, 3.63) is 36.8 Å². The maximum atomic E-state index is 4.09. The van der Waals surface area contributed by atoms with E-state index >= 15 is 0 Å². The van der Waals surface area contributed by atoms with Crippen LogP contribution in [0.15, 0.2) is 41.8 Å². The molecule has 5 heteroatoms. The third-order valence-electron chi connectivity index (χ3n) is 2.20. The van der Waals surface area contributed by atoms with Crippen molar-refractivity contribution < 1.29 is 0 Å². The number of anilines is 1. The molecule has 0 spiro atoms. The number of aromatic amines is 1. The number of aromatic nitrogens is 2. The molecular weight excluding hydrogens is 236 g/mol. The van der Waals surface area contributed by atoms with Crippen molar-refractivity contribution in [3.63, 3.8) is 0 Å². The molecule has 2 aromatic rings. The number of halogens is 1. The molecule has 0 aliphatic heterocycles. The quantitative estimate of drug-likeness (QED) is 0.648. The van der Waals surface area contributed by atoms with Crippen LogP contribution in [-0.2, 0) is 0 Å². The minimum atomic E-state index is 0. The molecular formula is C12H15ClN4. The molecule has 0 radical (unpaired) electrons. The summed E-state index contributed by atoms with van der Waals surface area (Å²) in [6.45, 7) is 2.79. The molecule has 0 aliphatic rings. The second kappa shape index (κ2) is 6.70. The molecule has 0 saturated carbocycles. The second-order valence-electron chi connectivity index (χ2n) is 3.31. The molecule has 0 aliphatic carbocycles. The highest BCUT2D eigenvalue weighted by Gasteiger charge is 1.97. The zero-order valence-corrected chi connectivity index (χ0v) is 10.4. The highest BCUT2D eigenvalue weighted by molar-refractivity contribution is 5.85. The molecule has 4 nitrogen and oxygen atoms in total. The molecule has 0 atom stereocenters. The summed E-state index contributed by atoms with van der Waals surface area (Å²) in [5, 5.41) is 3.10. The van der Waals surface area contributed by atoms with E-state index in [9.17, 15) is 0 Å². The smallest absolute Gasteiger partial charge is 0.0924 e. The van der Waals surface area contributed by atoms with Crippen LogP contribution in [0.3, 0.4) is 0 Å². The van der Waals surface area contributed by atoms with Crippen LogP contribution in [0.4, 0.5) is 5.69 Å². The molecule has 0 unspecified atom stereocenters. The molecule has 2 N–H and O–H groups in total. The third kappa shape index (κ3) is 3.60. The first-order valence-electron chi connectivity index (χ1n) is 5.24.